The van der Waals surface area contributed by atoms with Crippen LogP contribution in [0.15, 0.2) is 42.6 Å². The van der Waals surface area contributed by atoms with Crippen LogP contribution in [0.25, 0.3) is 10.9 Å². The molecule has 3 rings (SSSR count). The van der Waals surface area contributed by atoms with E-state index in [9.17, 15) is 24.6 Å². The summed E-state index contributed by atoms with van der Waals surface area (Å²) in [6.45, 7) is 0. The number of para-hydroxylation sites is 1. The van der Waals surface area contributed by atoms with Crippen molar-refractivity contribution in [1.82, 2.24) is 10.3 Å². The Bertz CT molecular complexity index is 1140. The first-order valence-corrected chi connectivity index (χ1v) is 9.14. The molecule has 0 aliphatic heterocycles. The minimum absolute atomic E-state index is 0.0426. The number of aromatic amines is 1. The maximum Gasteiger partial charge on any atom is 0.319 e. The second-order valence-electron chi connectivity index (χ2n) is 6.57. The highest BCUT2D eigenvalue weighted by Gasteiger charge is 2.19. The van der Waals surface area contributed by atoms with Gasteiger partial charge in [0.25, 0.3) is 0 Å². The van der Waals surface area contributed by atoms with Crippen molar-refractivity contribution in [2.24, 2.45) is 0 Å². The number of aromatic carboxylic acids is 1. The fraction of sp³-hybridized carbons (Fsp3) is 0.190. The molecule has 0 aliphatic rings. The summed E-state index contributed by atoms with van der Waals surface area (Å²) in [5, 5.41) is 28.5. The van der Waals surface area contributed by atoms with Crippen LogP contribution in [0.1, 0.15) is 15.9 Å². The maximum absolute atomic E-state index is 12.4. The smallest absolute Gasteiger partial charge is 0.319 e. The van der Waals surface area contributed by atoms with Crippen molar-refractivity contribution < 1.29 is 34.1 Å². The first-order valence-electron chi connectivity index (χ1n) is 9.14. The van der Waals surface area contributed by atoms with Gasteiger partial charge in [0.15, 0.2) is 11.5 Å². The minimum Gasteiger partial charge on any atom is -0.548 e. The molecular formula is C21H19N3O7-2. The monoisotopic (exact) mass is 425 g/mol. The van der Waals surface area contributed by atoms with Gasteiger partial charge in [-0.25, -0.2) is 4.79 Å². The highest BCUT2D eigenvalue weighted by molar-refractivity contribution is 6.01. The summed E-state index contributed by atoms with van der Waals surface area (Å²) in [6.07, 6.45) is 1.61. The molecule has 0 spiro atoms. The number of ether oxygens (including phenoxy) is 2. The third-order valence-electron chi connectivity index (χ3n) is 4.68. The second kappa shape index (κ2) is 9.08. The Labute approximate surface area is 176 Å². The van der Waals surface area contributed by atoms with Crippen molar-refractivity contribution in [3.05, 3.63) is 53.7 Å². The van der Waals surface area contributed by atoms with Gasteiger partial charge in [0, 0.05) is 35.2 Å². The number of hydrogen-bond donors (Lipinski definition) is 3. The average molecular weight is 425 g/mol. The van der Waals surface area contributed by atoms with E-state index in [4.69, 9.17) is 9.47 Å². The third-order valence-corrected chi connectivity index (χ3v) is 4.68. The fourth-order valence-corrected chi connectivity index (χ4v) is 3.18. The van der Waals surface area contributed by atoms with Crippen LogP contribution in [0.3, 0.4) is 0 Å². The van der Waals surface area contributed by atoms with E-state index in [0.717, 1.165) is 17.0 Å². The van der Waals surface area contributed by atoms with E-state index in [-0.39, 0.29) is 29.2 Å². The molecule has 0 fully saturated rings. The predicted octanol–water partition coefficient (Wildman–Crippen LogP) is 0.0313. The van der Waals surface area contributed by atoms with E-state index in [1.165, 1.54) is 20.3 Å². The van der Waals surface area contributed by atoms with Crippen LogP contribution in [0.5, 0.6) is 11.5 Å². The number of benzene rings is 2. The van der Waals surface area contributed by atoms with E-state index in [1.54, 1.807) is 6.20 Å². The summed E-state index contributed by atoms with van der Waals surface area (Å²) in [4.78, 5) is 38.5. The number of methoxy groups -OCH3 is 2. The Morgan fingerprint density at radius 3 is 2.39 bits per heavy atom. The molecule has 0 unspecified atom stereocenters. The normalized spacial score (nSPS) is 11.5. The van der Waals surface area contributed by atoms with Crippen LogP contribution in [-0.4, -0.2) is 43.2 Å². The summed E-state index contributed by atoms with van der Waals surface area (Å²) in [5.74, 6) is -2.77. The zero-order valence-corrected chi connectivity index (χ0v) is 16.7. The summed E-state index contributed by atoms with van der Waals surface area (Å²) >= 11 is 0. The van der Waals surface area contributed by atoms with Crippen LogP contribution in [0.4, 0.5) is 10.5 Å². The van der Waals surface area contributed by atoms with Gasteiger partial charge >= 0.3 is 6.03 Å². The summed E-state index contributed by atoms with van der Waals surface area (Å²) in [6, 6.07) is 7.36. The zero-order valence-electron chi connectivity index (χ0n) is 16.7. The van der Waals surface area contributed by atoms with Gasteiger partial charge in [0.05, 0.1) is 37.9 Å². The van der Waals surface area contributed by atoms with Gasteiger partial charge in [0.1, 0.15) is 0 Å². The van der Waals surface area contributed by atoms with Crippen molar-refractivity contribution in [2.75, 3.05) is 19.5 Å². The van der Waals surface area contributed by atoms with Gasteiger partial charge in [-0.05, 0) is 17.7 Å². The first kappa shape index (κ1) is 21.5. The topological polar surface area (TPSA) is 156 Å². The molecule has 10 nitrogen and oxygen atoms in total. The number of carbonyl (C=O) groups is 3. The Balaban J connectivity index is 1.80. The fourth-order valence-electron chi connectivity index (χ4n) is 3.18. The third kappa shape index (κ3) is 4.69. The van der Waals surface area contributed by atoms with Crippen LogP contribution in [-0.2, 0) is 11.2 Å². The maximum atomic E-state index is 12.4. The Morgan fingerprint density at radius 1 is 1.06 bits per heavy atom. The number of carboxylic acids is 2. The van der Waals surface area contributed by atoms with Gasteiger partial charge in [-0.3, -0.25) is 0 Å². The van der Waals surface area contributed by atoms with Crippen LogP contribution in [0.2, 0.25) is 0 Å². The van der Waals surface area contributed by atoms with E-state index < -0.39 is 24.0 Å². The molecule has 3 aromatic rings. The highest BCUT2D eigenvalue weighted by atomic mass is 16.5. The minimum atomic E-state index is -1.56. The molecular weight excluding hydrogens is 406 g/mol. The van der Waals surface area contributed by atoms with E-state index in [2.05, 4.69) is 15.6 Å². The molecule has 2 aromatic carbocycles. The molecule has 10 heteroatoms. The lowest BCUT2D eigenvalue weighted by molar-refractivity contribution is -0.308. The summed E-state index contributed by atoms with van der Waals surface area (Å²) < 4.78 is 10.1. The van der Waals surface area contributed by atoms with Crippen LogP contribution < -0.4 is 30.3 Å². The molecule has 0 aliphatic carbocycles. The van der Waals surface area contributed by atoms with E-state index in [1.807, 2.05) is 24.3 Å². The molecule has 0 bridgehead atoms. The van der Waals surface area contributed by atoms with Gasteiger partial charge in [-0.1, -0.05) is 18.2 Å². The molecule has 0 saturated heterocycles. The number of anilines is 1. The van der Waals surface area contributed by atoms with Crippen molar-refractivity contribution in [1.29, 1.82) is 0 Å². The number of carbonyl (C=O) groups excluding carboxylic acids is 3. The number of rotatable bonds is 8. The van der Waals surface area contributed by atoms with Crippen LogP contribution in [0, 0.1) is 0 Å². The quantitative estimate of drug-likeness (QED) is 0.460. The molecule has 0 radical (unpaired) electrons. The summed E-state index contributed by atoms with van der Waals surface area (Å²) in [7, 11) is 2.67. The molecule has 1 atom stereocenters. The number of hydrogen-bond acceptors (Lipinski definition) is 7. The average Bonchev–Trinajstić information content (AvgIpc) is 3.15. The number of aromatic nitrogens is 1. The van der Waals surface area contributed by atoms with E-state index >= 15 is 0 Å². The van der Waals surface area contributed by atoms with Gasteiger partial charge in [-0.2, -0.15) is 0 Å². The lowest BCUT2D eigenvalue weighted by Gasteiger charge is -2.21. The molecule has 1 aromatic heterocycles. The van der Waals surface area contributed by atoms with E-state index in [0.29, 0.717) is 5.56 Å². The lowest BCUT2D eigenvalue weighted by Crippen LogP contribution is -2.50. The molecule has 162 valence electrons. The Hall–Kier alpha value is -4.21. The first-order chi connectivity index (χ1) is 14.8. The van der Waals surface area contributed by atoms with Gasteiger partial charge in [0.2, 0.25) is 0 Å². The number of aliphatic carboxylic acids is 1. The standard InChI is InChI=1S/C21H21N3O7/c1-30-17-8-13(19(25)26)15(9-18(17)31-2)23-21(29)24-16(20(27)28)7-11-10-22-14-6-4-3-5-12(11)14/h3-6,8-10,16,22H,7H2,1-2H3,(H,25,26)(H,27,28)(H2,23,24,29)/p-2/t16-/m0/s1. The molecule has 2 amide bonds. The van der Waals surface area contributed by atoms with Gasteiger partial charge < -0.3 is 44.9 Å². The SMILES string of the molecule is COc1cc(NC(=O)N[C@@H](Cc2c[nH]c3ccccc23)C(=O)[O-])c(C(=O)[O-])cc1OC. The largest absolute Gasteiger partial charge is 0.548 e. The Kier molecular flexibility index (Phi) is 6.29. The number of carboxylic acid groups (broad SMARTS) is 2. The van der Waals surface area contributed by atoms with Crippen LogP contribution >= 0.6 is 0 Å². The van der Waals surface area contributed by atoms with Crippen molar-refractivity contribution >= 4 is 34.6 Å². The van der Waals surface area contributed by atoms with Crippen molar-refractivity contribution in [3.63, 3.8) is 0 Å². The molecule has 3 N–H and O–H groups in total. The zero-order chi connectivity index (χ0) is 22.5. The predicted molar refractivity (Wildman–Crippen MR) is 107 cm³/mol. The van der Waals surface area contributed by atoms with Crippen molar-refractivity contribution in [3.8, 4) is 11.5 Å². The number of nitrogens with one attached hydrogen (secondary N) is 3. The lowest BCUT2D eigenvalue weighted by atomic mass is 10.1. The number of amides is 2. The number of fused-ring (bicyclic) bond motifs is 1. The second-order valence-corrected chi connectivity index (χ2v) is 6.57. The molecule has 31 heavy (non-hydrogen) atoms. The highest BCUT2D eigenvalue weighted by Crippen LogP contribution is 2.33. The molecule has 0 saturated carbocycles. The molecule has 1 heterocycles. The van der Waals surface area contributed by atoms with Crippen molar-refractivity contribution in [2.45, 2.75) is 12.5 Å². The number of urea groups is 1. The number of H-pyrrole nitrogens is 1. The Morgan fingerprint density at radius 2 is 1.74 bits per heavy atom. The van der Waals surface area contributed by atoms with Gasteiger partial charge in [-0.15, -0.1) is 0 Å². The summed E-state index contributed by atoms with van der Waals surface area (Å²) in [5.41, 5.74) is 0.975.